The Morgan fingerprint density at radius 2 is 1.74 bits per heavy atom. The Kier molecular flexibility index (Phi) is 7.74. The van der Waals surface area contributed by atoms with Crippen molar-refractivity contribution >= 4 is 33.4 Å². The Hall–Kier alpha value is -1.99. The van der Waals surface area contributed by atoms with Gasteiger partial charge in [0.25, 0.3) is 0 Å². The highest BCUT2D eigenvalue weighted by atomic mass is 32.2. The fourth-order valence-corrected chi connectivity index (χ4v) is 4.71. The molecule has 1 atom stereocenters. The van der Waals surface area contributed by atoms with E-state index in [0.29, 0.717) is 18.7 Å². The minimum absolute atomic E-state index is 0.281. The van der Waals surface area contributed by atoms with Gasteiger partial charge in [-0.05, 0) is 37.6 Å². The molecule has 0 radical (unpaired) electrons. The summed E-state index contributed by atoms with van der Waals surface area (Å²) in [6, 6.07) is 16.2. The van der Waals surface area contributed by atoms with Crippen molar-refractivity contribution in [3.8, 4) is 0 Å². The zero-order valence-corrected chi connectivity index (χ0v) is 17.5. The molecule has 0 aliphatic rings. The molecule has 5 nitrogen and oxygen atoms in total. The van der Waals surface area contributed by atoms with Gasteiger partial charge in [-0.15, -0.1) is 11.8 Å². The first kappa shape index (κ1) is 21.3. The molecule has 2 rings (SSSR count). The van der Waals surface area contributed by atoms with Crippen molar-refractivity contribution in [2.24, 2.45) is 0 Å². The van der Waals surface area contributed by atoms with Gasteiger partial charge in [0.1, 0.15) is 6.04 Å². The molecule has 146 valence electrons. The summed E-state index contributed by atoms with van der Waals surface area (Å²) in [5.41, 5.74) is 1.70. The van der Waals surface area contributed by atoms with Crippen molar-refractivity contribution < 1.29 is 13.2 Å². The van der Waals surface area contributed by atoms with E-state index in [-0.39, 0.29) is 5.91 Å². The molecule has 0 aliphatic heterocycles. The zero-order valence-electron chi connectivity index (χ0n) is 15.9. The smallest absolute Gasteiger partial charge is 0.243 e. The van der Waals surface area contributed by atoms with Crippen LogP contribution in [0.3, 0.4) is 0 Å². The number of hydrogen-bond donors (Lipinski definition) is 1. The van der Waals surface area contributed by atoms with E-state index in [1.807, 2.05) is 19.9 Å². The van der Waals surface area contributed by atoms with Gasteiger partial charge in [0.2, 0.25) is 15.9 Å². The molecule has 0 heterocycles. The molecule has 0 aliphatic carbocycles. The Balaban J connectivity index is 1.99. The van der Waals surface area contributed by atoms with Gasteiger partial charge in [-0.2, -0.15) is 0 Å². The van der Waals surface area contributed by atoms with Gasteiger partial charge in [0, 0.05) is 17.2 Å². The minimum Gasteiger partial charge on any atom is -0.353 e. The van der Waals surface area contributed by atoms with Crippen LogP contribution >= 0.6 is 11.8 Å². The molecule has 27 heavy (non-hydrogen) atoms. The number of nitrogens with one attached hydrogen (secondary N) is 1. The Morgan fingerprint density at radius 3 is 2.30 bits per heavy atom. The van der Waals surface area contributed by atoms with Gasteiger partial charge in [-0.1, -0.05) is 42.8 Å². The number of carbonyl (C=O) groups excluding carboxylic acids is 1. The van der Waals surface area contributed by atoms with Crippen molar-refractivity contribution in [2.75, 3.05) is 22.9 Å². The van der Waals surface area contributed by atoms with Gasteiger partial charge >= 0.3 is 0 Å². The van der Waals surface area contributed by atoms with Gasteiger partial charge in [-0.25, -0.2) is 8.42 Å². The lowest BCUT2D eigenvalue weighted by Crippen LogP contribution is -2.49. The quantitative estimate of drug-likeness (QED) is 0.512. The second kappa shape index (κ2) is 9.80. The predicted octanol–water partition coefficient (Wildman–Crippen LogP) is 3.45. The monoisotopic (exact) mass is 406 g/mol. The Morgan fingerprint density at radius 1 is 1.11 bits per heavy atom. The number of hydrogen-bond acceptors (Lipinski definition) is 4. The summed E-state index contributed by atoms with van der Waals surface area (Å²) in [7, 11) is -3.58. The Labute approximate surface area is 166 Å². The largest absolute Gasteiger partial charge is 0.353 e. The highest BCUT2D eigenvalue weighted by Gasteiger charge is 2.31. The van der Waals surface area contributed by atoms with Crippen LogP contribution in [0.2, 0.25) is 0 Å². The van der Waals surface area contributed by atoms with Crippen molar-refractivity contribution in [3.05, 3.63) is 60.2 Å². The second-order valence-electron chi connectivity index (χ2n) is 6.27. The molecule has 2 aromatic carbocycles. The number of thioether (sulfide) groups is 1. The lowest BCUT2D eigenvalue weighted by atomic mass is 10.2. The SMILES string of the molecule is CC[C@H](C(=O)NCCSc1ccc(C)cc1)N(c1ccccc1)S(C)(=O)=O. The summed E-state index contributed by atoms with van der Waals surface area (Å²) in [4.78, 5) is 13.8. The van der Waals surface area contributed by atoms with Crippen LogP contribution in [0.25, 0.3) is 0 Å². The number of amides is 1. The third-order valence-corrected chi connectivity index (χ3v) is 6.23. The first-order valence-corrected chi connectivity index (χ1v) is 11.7. The molecular weight excluding hydrogens is 380 g/mol. The fourth-order valence-electron chi connectivity index (χ4n) is 2.73. The maximum atomic E-state index is 12.7. The summed E-state index contributed by atoms with van der Waals surface area (Å²) in [5.74, 6) is 0.436. The number of anilines is 1. The van der Waals surface area contributed by atoms with Gasteiger partial charge in [0.05, 0.1) is 11.9 Å². The molecule has 2 aromatic rings. The van der Waals surface area contributed by atoms with Gasteiger partial charge < -0.3 is 5.32 Å². The summed E-state index contributed by atoms with van der Waals surface area (Å²) in [6.07, 6.45) is 1.52. The van der Waals surface area contributed by atoms with Crippen LogP contribution in [0.4, 0.5) is 5.69 Å². The number of benzene rings is 2. The lowest BCUT2D eigenvalue weighted by Gasteiger charge is -2.30. The number of carbonyl (C=O) groups is 1. The lowest BCUT2D eigenvalue weighted by molar-refractivity contribution is -0.122. The summed E-state index contributed by atoms with van der Waals surface area (Å²) < 4.78 is 25.8. The first-order valence-electron chi connectivity index (χ1n) is 8.84. The van der Waals surface area contributed by atoms with E-state index in [9.17, 15) is 13.2 Å². The first-order chi connectivity index (χ1) is 12.8. The van der Waals surface area contributed by atoms with Crippen molar-refractivity contribution in [3.63, 3.8) is 0 Å². The summed E-state index contributed by atoms with van der Waals surface area (Å²) in [5, 5.41) is 2.87. The highest BCUT2D eigenvalue weighted by molar-refractivity contribution is 7.99. The predicted molar refractivity (Wildman–Crippen MR) is 113 cm³/mol. The van der Waals surface area contributed by atoms with Gasteiger partial charge in [0.15, 0.2) is 0 Å². The molecular formula is C20H26N2O3S2. The number of aryl methyl sites for hydroxylation is 1. The fraction of sp³-hybridized carbons (Fsp3) is 0.350. The second-order valence-corrected chi connectivity index (χ2v) is 9.30. The van der Waals surface area contributed by atoms with E-state index in [0.717, 1.165) is 16.9 Å². The van der Waals surface area contributed by atoms with Crippen molar-refractivity contribution in [1.29, 1.82) is 0 Å². The van der Waals surface area contributed by atoms with E-state index in [4.69, 9.17) is 0 Å². The van der Waals surface area contributed by atoms with E-state index < -0.39 is 16.1 Å². The molecule has 0 unspecified atom stereocenters. The molecule has 0 spiro atoms. The molecule has 0 bridgehead atoms. The van der Waals surface area contributed by atoms with E-state index in [2.05, 4.69) is 29.6 Å². The molecule has 0 aromatic heterocycles. The van der Waals surface area contributed by atoms with Crippen LogP contribution in [-0.4, -0.2) is 38.9 Å². The third-order valence-electron chi connectivity index (χ3n) is 4.03. The molecule has 1 N–H and O–H groups in total. The number of nitrogens with zero attached hydrogens (tertiary/aromatic N) is 1. The highest BCUT2D eigenvalue weighted by Crippen LogP contribution is 2.22. The van der Waals surface area contributed by atoms with Crippen LogP contribution in [0, 0.1) is 6.92 Å². The van der Waals surface area contributed by atoms with Crippen molar-refractivity contribution in [1.82, 2.24) is 5.32 Å². The third kappa shape index (κ3) is 6.29. The van der Waals surface area contributed by atoms with Crippen LogP contribution in [0.15, 0.2) is 59.5 Å². The zero-order chi connectivity index (χ0) is 19.9. The summed E-state index contributed by atoms with van der Waals surface area (Å²) in [6.45, 7) is 4.33. The normalized spacial score (nSPS) is 12.4. The van der Waals surface area contributed by atoms with Gasteiger partial charge in [-0.3, -0.25) is 9.10 Å². The average Bonchev–Trinajstić information content (AvgIpc) is 2.64. The van der Waals surface area contributed by atoms with Crippen LogP contribution in [0.1, 0.15) is 18.9 Å². The molecule has 0 fully saturated rings. The molecule has 1 amide bonds. The van der Waals surface area contributed by atoms with E-state index in [1.165, 1.54) is 9.87 Å². The number of para-hydroxylation sites is 1. The standard InChI is InChI=1S/C20H26N2O3S2/c1-4-19(22(27(3,24)25)17-8-6-5-7-9-17)20(23)21-14-15-26-18-12-10-16(2)11-13-18/h5-13,19H,4,14-15H2,1-3H3,(H,21,23)/t19-/m1/s1. The van der Waals surface area contributed by atoms with E-state index in [1.54, 1.807) is 36.0 Å². The van der Waals surface area contributed by atoms with Crippen molar-refractivity contribution in [2.45, 2.75) is 31.2 Å². The maximum Gasteiger partial charge on any atom is 0.243 e. The van der Waals surface area contributed by atoms with Crippen LogP contribution in [0.5, 0.6) is 0 Å². The number of sulfonamides is 1. The van der Waals surface area contributed by atoms with Crippen LogP contribution in [-0.2, 0) is 14.8 Å². The molecule has 0 saturated carbocycles. The molecule has 7 heteroatoms. The maximum absolute atomic E-state index is 12.7. The van der Waals surface area contributed by atoms with E-state index >= 15 is 0 Å². The van der Waals surface area contributed by atoms with Crippen LogP contribution < -0.4 is 9.62 Å². The number of rotatable bonds is 9. The minimum atomic E-state index is -3.58. The molecule has 0 saturated heterocycles. The average molecular weight is 407 g/mol. The Bertz CT molecular complexity index is 837. The topological polar surface area (TPSA) is 66.5 Å². The summed E-state index contributed by atoms with van der Waals surface area (Å²) >= 11 is 1.65.